The lowest BCUT2D eigenvalue weighted by molar-refractivity contribution is -0.119. The van der Waals surface area contributed by atoms with Crippen molar-refractivity contribution in [2.45, 2.75) is 32.6 Å². The van der Waals surface area contributed by atoms with Crippen LogP contribution in [0.25, 0.3) is 0 Å². The predicted molar refractivity (Wildman–Crippen MR) is 64.0 cm³/mol. The van der Waals surface area contributed by atoms with Crippen LogP contribution in [0.2, 0.25) is 0 Å². The highest BCUT2D eigenvalue weighted by Crippen LogP contribution is 2.10. The lowest BCUT2D eigenvalue weighted by Gasteiger charge is -2.10. The standard InChI is InChI=1S/C12H21N3O/c1-3-10(9-13)8-12(16)5-4-11-6-7-14-15(11)2/h6-7,10H,3-5,8-9,13H2,1-2H3. The van der Waals surface area contributed by atoms with E-state index in [0.29, 0.717) is 31.1 Å². The van der Waals surface area contributed by atoms with Crippen LogP contribution in [0, 0.1) is 5.92 Å². The molecule has 0 saturated carbocycles. The molecule has 0 radical (unpaired) electrons. The van der Waals surface area contributed by atoms with Gasteiger partial charge in [-0.05, 0) is 24.9 Å². The van der Waals surface area contributed by atoms with Gasteiger partial charge in [-0.3, -0.25) is 9.48 Å². The molecule has 0 spiro atoms. The van der Waals surface area contributed by atoms with Gasteiger partial charge in [0.1, 0.15) is 5.78 Å². The van der Waals surface area contributed by atoms with Gasteiger partial charge in [-0.2, -0.15) is 5.10 Å². The Morgan fingerprint density at radius 2 is 2.38 bits per heavy atom. The third-order valence-corrected chi connectivity index (χ3v) is 3.01. The normalized spacial score (nSPS) is 12.7. The molecule has 1 heterocycles. The van der Waals surface area contributed by atoms with Crippen LogP contribution in [0.1, 0.15) is 31.9 Å². The van der Waals surface area contributed by atoms with Crippen molar-refractivity contribution in [3.05, 3.63) is 18.0 Å². The van der Waals surface area contributed by atoms with Gasteiger partial charge in [0.2, 0.25) is 0 Å². The monoisotopic (exact) mass is 223 g/mol. The smallest absolute Gasteiger partial charge is 0.133 e. The van der Waals surface area contributed by atoms with Gasteiger partial charge in [-0.1, -0.05) is 13.3 Å². The van der Waals surface area contributed by atoms with Crippen LogP contribution < -0.4 is 5.73 Å². The number of carbonyl (C=O) groups is 1. The summed E-state index contributed by atoms with van der Waals surface area (Å²) in [5.41, 5.74) is 6.69. The molecule has 1 unspecified atom stereocenters. The van der Waals surface area contributed by atoms with E-state index in [4.69, 9.17) is 5.73 Å². The van der Waals surface area contributed by atoms with Crippen LogP contribution >= 0.6 is 0 Å². The minimum atomic E-state index is 0.304. The van der Waals surface area contributed by atoms with E-state index in [1.165, 1.54) is 0 Å². The van der Waals surface area contributed by atoms with Gasteiger partial charge >= 0.3 is 0 Å². The number of hydrogen-bond donors (Lipinski definition) is 1. The van der Waals surface area contributed by atoms with Crippen molar-refractivity contribution in [1.29, 1.82) is 0 Å². The fourth-order valence-electron chi connectivity index (χ4n) is 1.73. The Bertz CT molecular complexity index is 329. The molecule has 0 fully saturated rings. The molecule has 0 aliphatic carbocycles. The molecule has 4 nitrogen and oxygen atoms in total. The summed E-state index contributed by atoms with van der Waals surface area (Å²) in [6.45, 7) is 2.68. The summed E-state index contributed by atoms with van der Waals surface area (Å²) in [4.78, 5) is 11.7. The van der Waals surface area contributed by atoms with Gasteiger partial charge in [0.05, 0.1) is 0 Å². The van der Waals surface area contributed by atoms with E-state index >= 15 is 0 Å². The third-order valence-electron chi connectivity index (χ3n) is 3.01. The molecule has 0 saturated heterocycles. The second-order valence-electron chi connectivity index (χ2n) is 4.20. The molecule has 16 heavy (non-hydrogen) atoms. The molecule has 0 amide bonds. The van der Waals surface area contributed by atoms with E-state index in [2.05, 4.69) is 12.0 Å². The second kappa shape index (κ2) is 6.43. The topological polar surface area (TPSA) is 60.9 Å². The zero-order valence-electron chi connectivity index (χ0n) is 10.1. The van der Waals surface area contributed by atoms with Crippen molar-refractivity contribution < 1.29 is 4.79 Å². The summed E-state index contributed by atoms with van der Waals surface area (Å²) in [7, 11) is 1.90. The molecular weight excluding hydrogens is 202 g/mol. The fraction of sp³-hybridized carbons (Fsp3) is 0.667. The number of ketones is 1. The second-order valence-corrected chi connectivity index (χ2v) is 4.20. The van der Waals surface area contributed by atoms with Gasteiger partial charge in [-0.15, -0.1) is 0 Å². The average molecular weight is 223 g/mol. The van der Waals surface area contributed by atoms with Crippen molar-refractivity contribution >= 4 is 5.78 Å². The van der Waals surface area contributed by atoms with Gasteiger partial charge in [-0.25, -0.2) is 0 Å². The van der Waals surface area contributed by atoms with Crippen LogP contribution in [0.5, 0.6) is 0 Å². The maximum atomic E-state index is 11.7. The summed E-state index contributed by atoms with van der Waals surface area (Å²) in [5, 5.41) is 4.07. The molecule has 1 aromatic rings. The Morgan fingerprint density at radius 3 is 2.88 bits per heavy atom. The first-order valence-corrected chi connectivity index (χ1v) is 5.86. The predicted octanol–water partition coefficient (Wildman–Crippen LogP) is 1.30. The minimum Gasteiger partial charge on any atom is -0.330 e. The number of aromatic nitrogens is 2. The van der Waals surface area contributed by atoms with Crippen LogP contribution in [0.3, 0.4) is 0 Å². The van der Waals surface area contributed by atoms with Crippen molar-refractivity contribution in [3.63, 3.8) is 0 Å². The first kappa shape index (κ1) is 12.9. The highest BCUT2D eigenvalue weighted by molar-refractivity contribution is 5.78. The Labute approximate surface area is 96.8 Å². The molecule has 1 rings (SSSR count). The van der Waals surface area contributed by atoms with E-state index < -0.39 is 0 Å². The average Bonchev–Trinajstić information content (AvgIpc) is 2.69. The lowest BCUT2D eigenvalue weighted by atomic mass is 9.97. The van der Waals surface area contributed by atoms with Crippen molar-refractivity contribution in [3.8, 4) is 0 Å². The summed E-state index contributed by atoms with van der Waals surface area (Å²) in [6, 6.07) is 1.95. The summed E-state index contributed by atoms with van der Waals surface area (Å²) in [5.74, 6) is 0.650. The van der Waals surface area contributed by atoms with Crippen LogP contribution in [0.4, 0.5) is 0 Å². The minimum absolute atomic E-state index is 0.304. The summed E-state index contributed by atoms with van der Waals surface area (Å²) < 4.78 is 1.81. The molecular formula is C12H21N3O. The highest BCUT2D eigenvalue weighted by atomic mass is 16.1. The molecule has 4 heteroatoms. The van der Waals surface area contributed by atoms with Gasteiger partial charge < -0.3 is 5.73 Å². The fourth-order valence-corrected chi connectivity index (χ4v) is 1.73. The maximum absolute atomic E-state index is 11.7. The van der Waals surface area contributed by atoms with Gasteiger partial charge in [0.15, 0.2) is 0 Å². The first-order chi connectivity index (χ1) is 7.67. The van der Waals surface area contributed by atoms with Crippen LogP contribution in [-0.2, 0) is 18.3 Å². The zero-order valence-corrected chi connectivity index (χ0v) is 10.1. The van der Waals surface area contributed by atoms with E-state index in [9.17, 15) is 4.79 Å². The molecule has 2 N–H and O–H groups in total. The molecule has 1 atom stereocenters. The number of aryl methyl sites for hydroxylation is 2. The Kier molecular flexibility index (Phi) is 5.19. The van der Waals surface area contributed by atoms with E-state index in [0.717, 1.165) is 18.5 Å². The van der Waals surface area contributed by atoms with Gasteiger partial charge in [0.25, 0.3) is 0 Å². The quantitative estimate of drug-likeness (QED) is 0.758. The van der Waals surface area contributed by atoms with Gasteiger partial charge in [0, 0.05) is 31.8 Å². The zero-order chi connectivity index (χ0) is 12.0. The Balaban J connectivity index is 2.33. The molecule has 0 bridgehead atoms. The number of Topliss-reactive ketones (excluding diaryl/α,β-unsaturated/α-hetero) is 1. The van der Waals surface area contributed by atoms with E-state index in [1.807, 2.05) is 17.8 Å². The first-order valence-electron chi connectivity index (χ1n) is 5.86. The number of nitrogens with zero attached hydrogens (tertiary/aromatic N) is 2. The molecule has 1 aromatic heterocycles. The summed E-state index contributed by atoms with van der Waals surface area (Å²) in [6.07, 6.45) is 4.72. The van der Waals surface area contributed by atoms with Crippen molar-refractivity contribution in [1.82, 2.24) is 9.78 Å². The van der Waals surface area contributed by atoms with E-state index in [1.54, 1.807) is 6.20 Å². The number of nitrogens with two attached hydrogens (primary N) is 1. The molecule has 0 aromatic carbocycles. The third kappa shape index (κ3) is 3.77. The number of hydrogen-bond acceptors (Lipinski definition) is 3. The number of carbonyl (C=O) groups excluding carboxylic acids is 1. The Hall–Kier alpha value is -1.16. The molecule has 90 valence electrons. The largest absolute Gasteiger partial charge is 0.330 e. The van der Waals surface area contributed by atoms with Crippen LogP contribution in [0.15, 0.2) is 12.3 Å². The Morgan fingerprint density at radius 1 is 1.62 bits per heavy atom. The maximum Gasteiger partial charge on any atom is 0.133 e. The molecule has 0 aliphatic heterocycles. The van der Waals surface area contributed by atoms with Crippen LogP contribution in [-0.4, -0.2) is 22.1 Å². The SMILES string of the molecule is CCC(CN)CC(=O)CCc1ccnn1C. The molecule has 0 aliphatic rings. The lowest BCUT2D eigenvalue weighted by Crippen LogP contribution is -2.17. The highest BCUT2D eigenvalue weighted by Gasteiger charge is 2.11. The van der Waals surface area contributed by atoms with E-state index in [-0.39, 0.29) is 0 Å². The van der Waals surface area contributed by atoms with Crippen molar-refractivity contribution in [2.75, 3.05) is 6.54 Å². The number of rotatable bonds is 7. The summed E-state index contributed by atoms with van der Waals surface area (Å²) >= 11 is 0. The van der Waals surface area contributed by atoms with Crippen molar-refractivity contribution in [2.24, 2.45) is 18.7 Å².